The van der Waals surface area contributed by atoms with Crippen LogP contribution in [0.4, 0.5) is 0 Å². The Bertz CT molecular complexity index is 378. The van der Waals surface area contributed by atoms with E-state index in [-0.39, 0.29) is 5.43 Å². The summed E-state index contributed by atoms with van der Waals surface area (Å²) >= 11 is 0. The van der Waals surface area contributed by atoms with E-state index in [9.17, 15) is 4.79 Å². The van der Waals surface area contributed by atoms with E-state index >= 15 is 0 Å². The molecule has 0 atom stereocenters. The van der Waals surface area contributed by atoms with Crippen molar-refractivity contribution in [2.45, 2.75) is 6.92 Å². The minimum Gasteiger partial charge on any atom is -0.289 e. The molecule has 0 unspecified atom stereocenters. The van der Waals surface area contributed by atoms with Crippen LogP contribution in [0.5, 0.6) is 0 Å². The first-order chi connectivity index (χ1) is 5.30. The second kappa shape index (κ2) is 2.06. The number of benzene rings is 1. The molecule has 0 heterocycles. The summed E-state index contributed by atoms with van der Waals surface area (Å²) in [7, 11) is 0. The third-order valence-corrected chi connectivity index (χ3v) is 1.94. The third kappa shape index (κ3) is 0.891. The number of hydrogen-bond acceptors (Lipinski definition) is 1. The molecule has 0 spiro atoms. The van der Waals surface area contributed by atoms with Crippen LogP contribution in [0, 0.1) is 6.92 Å². The Labute approximate surface area is 65.0 Å². The summed E-state index contributed by atoms with van der Waals surface area (Å²) in [4.78, 5) is 10.9. The predicted octanol–water partition coefficient (Wildman–Crippen LogP) is 1.90. The lowest BCUT2D eigenvalue weighted by Crippen LogP contribution is -1.75. The van der Waals surface area contributed by atoms with E-state index in [0.717, 1.165) is 16.7 Å². The molecular weight excluding hydrogens is 136 g/mol. The molecule has 2 aromatic carbocycles. The fourth-order valence-electron chi connectivity index (χ4n) is 1.21. The maximum absolute atomic E-state index is 10.9. The van der Waals surface area contributed by atoms with Crippen molar-refractivity contribution in [2.75, 3.05) is 0 Å². The van der Waals surface area contributed by atoms with Gasteiger partial charge in [0.15, 0.2) is 5.43 Å². The van der Waals surface area contributed by atoms with E-state index in [1.165, 1.54) is 0 Å². The molecule has 0 radical (unpaired) electrons. The van der Waals surface area contributed by atoms with Gasteiger partial charge in [-0.15, -0.1) is 0 Å². The van der Waals surface area contributed by atoms with Gasteiger partial charge in [0.05, 0.1) is 0 Å². The zero-order chi connectivity index (χ0) is 7.84. The van der Waals surface area contributed by atoms with Crippen molar-refractivity contribution in [3.63, 3.8) is 0 Å². The molecule has 0 fully saturated rings. The minimum absolute atomic E-state index is 0.219. The first-order valence-electron chi connectivity index (χ1n) is 3.61. The van der Waals surface area contributed by atoms with E-state index < -0.39 is 0 Å². The highest BCUT2D eigenvalue weighted by molar-refractivity contribution is 5.75. The standard InChI is InChI=1S/C10H8O/c1-7-9(10(7)11)8-5-3-2-4-6-8/h2-6H,1H3. The molecule has 0 aliphatic carbocycles. The van der Waals surface area contributed by atoms with Crippen molar-refractivity contribution in [3.8, 4) is 11.1 Å². The van der Waals surface area contributed by atoms with Crippen molar-refractivity contribution in [3.05, 3.63) is 46.1 Å². The van der Waals surface area contributed by atoms with E-state index in [1.807, 2.05) is 37.3 Å². The van der Waals surface area contributed by atoms with Crippen LogP contribution in [0.3, 0.4) is 0 Å². The fourth-order valence-corrected chi connectivity index (χ4v) is 1.21. The lowest BCUT2D eigenvalue weighted by molar-refractivity contribution is 1.64. The van der Waals surface area contributed by atoms with Crippen molar-refractivity contribution in [1.82, 2.24) is 0 Å². The molecule has 2 rings (SSSR count). The fraction of sp³-hybridized carbons (Fsp3) is 0.100. The van der Waals surface area contributed by atoms with Gasteiger partial charge in [-0.25, -0.2) is 0 Å². The van der Waals surface area contributed by atoms with Crippen molar-refractivity contribution in [2.24, 2.45) is 0 Å². The van der Waals surface area contributed by atoms with Crippen LogP contribution in [-0.2, 0) is 0 Å². The van der Waals surface area contributed by atoms with Crippen LogP contribution in [0.1, 0.15) is 5.56 Å². The summed E-state index contributed by atoms with van der Waals surface area (Å²) in [6.45, 7) is 1.87. The molecule has 0 aromatic heterocycles. The van der Waals surface area contributed by atoms with Gasteiger partial charge in [-0.3, -0.25) is 4.79 Å². The molecule has 0 amide bonds. The summed E-state index contributed by atoms with van der Waals surface area (Å²) in [6.07, 6.45) is 0. The molecule has 0 aliphatic heterocycles. The molecule has 11 heavy (non-hydrogen) atoms. The SMILES string of the molecule is Cc1c(-c2ccccc2)c1=O. The van der Waals surface area contributed by atoms with Gasteiger partial charge in [0.1, 0.15) is 0 Å². The van der Waals surface area contributed by atoms with Crippen LogP contribution in [0.25, 0.3) is 11.1 Å². The molecular formula is C10H8O. The average Bonchev–Trinajstić information content (AvgIpc) is 2.62. The highest BCUT2D eigenvalue weighted by atomic mass is 16.1. The van der Waals surface area contributed by atoms with Gasteiger partial charge in [-0.2, -0.15) is 0 Å². The summed E-state index contributed by atoms with van der Waals surface area (Å²) < 4.78 is 0. The van der Waals surface area contributed by atoms with E-state index in [1.54, 1.807) is 0 Å². The highest BCUT2D eigenvalue weighted by Crippen LogP contribution is 2.22. The summed E-state index contributed by atoms with van der Waals surface area (Å²) in [5, 5.41) is 0. The van der Waals surface area contributed by atoms with Crippen molar-refractivity contribution < 1.29 is 0 Å². The van der Waals surface area contributed by atoms with Gasteiger partial charge in [0.25, 0.3) is 0 Å². The number of hydrogen-bond donors (Lipinski definition) is 0. The van der Waals surface area contributed by atoms with Gasteiger partial charge in [0, 0.05) is 11.1 Å². The van der Waals surface area contributed by atoms with Gasteiger partial charge in [-0.05, 0) is 12.5 Å². The van der Waals surface area contributed by atoms with Crippen molar-refractivity contribution >= 4 is 0 Å². The molecule has 54 valence electrons. The quantitative estimate of drug-likeness (QED) is 0.597. The normalized spacial score (nSPS) is 10.6. The van der Waals surface area contributed by atoms with E-state index in [4.69, 9.17) is 0 Å². The van der Waals surface area contributed by atoms with E-state index in [2.05, 4.69) is 0 Å². The lowest BCUT2D eigenvalue weighted by atomic mass is 10.2. The van der Waals surface area contributed by atoms with Crippen LogP contribution < -0.4 is 5.43 Å². The largest absolute Gasteiger partial charge is 0.289 e. The maximum atomic E-state index is 10.9. The van der Waals surface area contributed by atoms with Crippen LogP contribution in [0.2, 0.25) is 0 Å². The second-order valence-corrected chi connectivity index (χ2v) is 2.70. The molecule has 0 saturated heterocycles. The molecule has 2 aromatic rings. The van der Waals surface area contributed by atoms with Crippen LogP contribution >= 0.6 is 0 Å². The Kier molecular flexibility index (Phi) is 1.19. The van der Waals surface area contributed by atoms with E-state index in [0.29, 0.717) is 0 Å². The smallest absolute Gasteiger partial charge is 0.190 e. The molecule has 1 nitrogen and oxygen atoms in total. The van der Waals surface area contributed by atoms with Gasteiger partial charge < -0.3 is 0 Å². The molecule has 0 aliphatic rings. The maximum Gasteiger partial charge on any atom is 0.190 e. The summed E-state index contributed by atoms with van der Waals surface area (Å²) in [6, 6.07) is 9.77. The number of rotatable bonds is 1. The Morgan fingerprint density at radius 2 is 1.64 bits per heavy atom. The van der Waals surface area contributed by atoms with Gasteiger partial charge in [0.2, 0.25) is 0 Å². The topological polar surface area (TPSA) is 17.1 Å². The Balaban J connectivity index is 2.48. The third-order valence-electron chi connectivity index (χ3n) is 1.94. The van der Waals surface area contributed by atoms with Crippen molar-refractivity contribution in [1.29, 1.82) is 0 Å². The van der Waals surface area contributed by atoms with Crippen LogP contribution in [-0.4, -0.2) is 0 Å². The second-order valence-electron chi connectivity index (χ2n) is 2.70. The monoisotopic (exact) mass is 144 g/mol. The minimum atomic E-state index is 0.219. The zero-order valence-corrected chi connectivity index (χ0v) is 6.29. The molecule has 1 heteroatoms. The Morgan fingerprint density at radius 3 is 2.09 bits per heavy atom. The predicted molar refractivity (Wildman–Crippen MR) is 45.3 cm³/mol. The first-order valence-corrected chi connectivity index (χ1v) is 3.61. The van der Waals surface area contributed by atoms with Crippen LogP contribution in [0.15, 0.2) is 35.1 Å². The highest BCUT2D eigenvalue weighted by Gasteiger charge is 2.17. The van der Waals surface area contributed by atoms with Gasteiger partial charge in [-0.1, -0.05) is 30.3 Å². The average molecular weight is 144 g/mol. The molecule has 0 bridgehead atoms. The molecule has 0 N–H and O–H groups in total. The first kappa shape index (κ1) is 6.35. The summed E-state index contributed by atoms with van der Waals surface area (Å²) in [5.41, 5.74) is 3.09. The Morgan fingerprint density at radius 1 is 1.09 bits per heavy atom. The lowest BCUT2D eigenvalue weighted by Gasteiger charge is -1.87. The summed E-state index contributed by atoms with van der Waals surface area (Å²) in [5.74, 6) is 0. The van der Waals surface area contributed by atoms with Gasteiger partial charge >= 0.3 is 0 Å². The zero-order valence-electron chi connectivity index (χ0n) is 6.29. The Hall–Kier alpha value is -1.37. The molecule has 0 saturated carbocycles.